The molecule has 0 fully saturated rings. The molecule has 0 spiro atoms. The van der Waals surface area contributed by atoms with E-state index in [0.717, 1.165) is 37.1 Å². The molecule has 0 aliphatic rings. The molecule has 21 heavy (non-hydrogen) atoms. The van der Waals surface area contributed by atoms with Crippen LogP contribution in [-0.2, 0) is 5.88 Å². The molecule has 0 atom stereocenters. The summed E-state index contributed by atoms with van der Waals surface area (Å²) >= 11 is 19.5. The summed E-state index contributed by atoms with van der Waals surface area (Å²) in [5.41, 5.74) is 3.84. The summed E-state index contributed by atoms with van der Waals surface area (Å²) < 4.78 is 3.98. The van der Waals surface area contributed by atoms with Gasteiger partial charge in [0, 0.05) is 14.0 Å². The Balaban J connectivity index is 2.38. The third kappa shape index (κ3) is 2.74. The molecule has 0 aliphatic carbocycles. The molecule has 3 aromatic rings. The third-order valence-corrected chi connectivity index (χ3v) is 5.05. The number of rotatable bonds is 2. The van der Waals surface area contributed by atoms with Gasteiger partial charge in [0.2, 0.25) is 0 Å². The normalized spacial score (nSPS) is 11.3. The Labute approximate surface area is 149 Å². The topological polar surface area (TPSA) is 17.8 Å². The number of benzene rings is 2. The first-order valence-electron chi connectivity index (χ1n) is 6.20. The number of hydrogen-bond donors (Lipinski definition) is 0. The van der Waals surface area contributed by atoms with Crippen molar-refractivity contribution in [2.75, 3.05) is 0 Å². The van der Waals surface area contributed by atoms with Crippen LogP contribution in [0.15, 0.2) is 39.3 Å². The summed E-state index contributed by atoms with van der Waals surface area (Å²) in [4.78, 5) is 4.59. The zero-order valence-electron chi connectivity index (χ0n) is 11.0. The summed E-state index contributed by atoms with van der Waals surface area (Å²) in [6, 6.07) is 9.89. The summed E-state index contributed by atoms with van der Waals surface area (Å²) in [6.45, 7) is 1.97. The lowest BCUT2D eigenvalue weighted by Gasteiger charge is -2.12. The minimum Gasteiger partial charge on any atom is -0.294 e. The zero-order chi connectivity index (χ0) is 15.1. The zero-order valence-corrected chi connectivity index (χ0v) is 15.7. The number of alkyl halides is 1. The van der Waals surface area contributed by atoms with Gasteiger partial charge in [0.05, 0.1) is 22.6 Å². The van der Waals surface area contributed by atoms with Crippen LogP contribution in [0.3, 0.4) is 0 Å². The van der Waals surface area contributed by atoms with E-state index in [9.17, 15) is 0 Å². The average molecular weight is 449 g/mol. The molecule has 3 rings (SSSR count). The highest BCUT2D eigenvalue weighted by molar-refractivity contribution is 9.10. The number of aromatic nitrogens is 2. The minimum atomic E-state index is 0.324. The minimum absolute atomic E-state index is 0.324. The number of aryl methyl sites for hydroxylation is 1. The van der Waals surface area contributed by atoms with Crippen molar-refractivity contribution in [2.24, 2.45) is 0 Å². The molecule has 108 valence electrons. The molecule has 6 heteroatoms. The van der Waals surface area contributed by atoms with Crippen molar-refractivity contribution in [3.8, 4) is 5.69 Å². The molecule has 0 aliphatic heterocycles. The Bertz CT molecular complexity index is 843. The standard InChI is InChI=1S/C15H10Br2Cl2N2/c1-8-4-10(17)13(6-11(8)19)21-14-5-9(16)2-3-12(14)20-15(21)7-18/h2-6H,7H2,1H3. The van der Waals surface area contributed by atoms with Gasteiger partial charge in [-0.3, -0.25) is 4.57 Å². The van der Waals surface area contributed by atoms with Crippen LogP contribution in [0, 0.1) is 6.92 Å². The fraction of sp³-hybridized carbons (Fsp3) is 0.133. The monoisotopic (exact) mass is 446 g/mol. The van der Waals surface area contributed by atoms with Crippen LogP contribution in [-0.4, -0.2) is 9.55 Å². The van der Waals surface area contributed by atoms with Crippen molar-refractivity contribution in [1.29, 1.82) is 0 Å². The molecular formula is C15H10Br2Cl2N2. The molecule has 2 aromatic carbocycles. The van der Waals surface area contributed by atoms with Gasteiger partial charge in [0.1, 0.15) is 5.82 Å². The first kappa shape index (κ1) is 15.3. The van der Waals surface area contributed by atoms with Gasteiger partial charge in [-0.05, 0) is 58.7 Å². The number of hydrogen-bond acceptors (Lipinski definition) is 1. The van der Waals surface area contributed by atoms with Crippen molar-refractivity contribution in [3.05, 3.63) is 55.7 Å². The first-order valence-corrected chi connectivity index (χ1v) is 8.70. The van der Waals surface area contributed by atoms with Gasteiger partial charge in [-0.2, -0.15) is 0 Å². The van der Waals surface area contributed by atoms with Crippen molar-refractivity contribution in [1.82, 2.24) is 9.55 Å². The molecule has 0 unspecified atom stereocenters. The molecule has 0 amide bonds. The van der Waals surface area contributed by atoms with Gasteiger partial charge in [-0.25, -0.2) is 4.98 Å². The van der Waals surface area contributed by atoms with Crippen LogP contribution < -0.4 is 0 Å². The van der Waals surface area contributed by atoms with Crippen LogP contribution in [0.4, 0.5) is 0 Å². The van der Waals surface area contributed by atoms with E-state index in [4.69, 9.17) is 23.2 Å². The maximum absolute atomic E-state index is 6.28. The lowest BCUT2D eigenvalue weighted by atomic mass is 10.2. The van der Waals surface area contributed by atoms with Gasteiger partial charge in [-0.1, -0.05) is 27.5 Å². The smallest absolute Gasteiger partial charge is 0.129 e. The number of fused-ring (bicyclic) bond motifs is 1. The Morgan fingerprint density at radius 3 is 2.67 bits per heavy atom. The maximum Gasteiger partial charge on any atom is 0.129 e. The number of halogens is 4. The molecule has 2 nitrogen and oxygen atoms in total. The number of imidazole rings is 1. The quantitative estimate of drug-likeness (QED) is 0.423. The molecule has 0 bridgehead atoms. The van der Waals surface area contributed by atoms with E-state index < -0.39 is 0 Å². The van der Waals surface area contributed by atoms with Gasteiger partial charge in [-0.15, -0.1) is 11.6 Å². The lowest BCUT2D eigenvalue weighted by molar-refractivity contribution is 0.976. The second-order valence-electron chi connectivity index (χ2n) is 4.68. The predicted octanol–water partition coefficient (Wildman–Crippen LogP) is 6.25. The van der Waals surface area contributed by atoms with Crippen molar-refractivity contribution in [2.45, 2.75) is 12.8 Å². The predicted molar refractivity (Wildman–Crippen MR) is 95.8 cm³/mol. The van der Waals surface area contributed by atoms with Crippen LogP contribution in [0.25, 0.3) is 16.7 Å². The van der Waals surface area contributed by atoms with Gasteiger partial charge in [0.15, 0.2) is 0 Å². The highest BCUT2D eigenvalue weighted by atomic mass is 79.9. The Hall–Kier alpha value is -0.550. The van der Waals surface area contributed by atoms with Crippen LogP contribution in [0.5, 0.6) is 0 Å². The largest absolute Gasteiger partial charge is 0.294 e. The molecule has 1 heterocycles. The van der Waals surface area contributed by atoms with E-state index in [-0.39, 0.29) is 0 Å². The van der Waals surface area contributed by atoms with Crippen LogP contribution in [0.2, 0.25) is 5.02 Å². The summed E-state index contributed by atoms with van der Waals surface area (Å²) in [6.07, 6.45) is 0. The van der Waals surface area contributed by atoms with Crippen molar-refractivity contribution >= 4 is 66.1 Å². The van der Waals surface area contributed by atoms with Crippen LogP contribution >= 0.6 is 55.1 Å². The second kappa shape index (κ2) is 5.92. The molecule has 0 radical (unpaired) electrons. The Kier molecular flexibility index (Phi) is 4.33. The summed E-state index contributed by atoms with van der Waals surface area (Å²) in [5.74, 6) is 1.11. The maximum atomic E-state index is 6.28. The molecule has 0 saturated heterocycles. The highest BCUT2D eigenvalue weighted by Crippen LogP contribution is 2.32. The summed E-state index contributed by atoms with van der Waals surface area (Å²) in [7, 11) is 0. The second-order valence-corrected chi connectivity index (χ2v) is 7.13. The third-order valence-electron chi connectivity index (χ3n) is 3.27. The lowest BCUT2D eigenvalue weighted by Crippen LogP contribution is -2.01. The molecule has 1 aromatic heterocycles. The van der Waals surface area contributed by atoms with E-state index >= 15 is 0 Å². The van der Waals surface area contributed by atoms with E-state index in [0.29, 0.717) is 10.9 Å². The molecule has 0 saturated carbocycles. The highest BCUT2D eigenvalue weighted by Gasteiger charge is 2.15. The van der Waals surface area contributed by atoms with Crippen molar-refractivity contribution < 1.29 is 0 Å². The number of nitrogens with zero attached hydrogens (tertiary/aromatic N) is 2. The van der Waals surface area contributed by atoms with Gasteiger partial charge >= 0.3 is 0 Å². The fourth-order valence-electron chi connectivity index (χ4n) is 2.26. The van der Waals surface area contributed by atoms with E-state index in [2.05, 4.69) is 36.8 Å². The van der Waals surface area contributed by atoms with E-state index in [1.54, 1.807) is 0 Å². The fourth-order valence-corrected chi connectivity index (χ4v) is 3.59. The summed E-state index contributed by atoms with van der Waals surface area (Å²) in [5, 5.41) is 0.713. The van der Waals surface area contributed by atoms with Gasteiger partial charge in [0.25, 0.3) is 0 Å². The average Bonchev–Trinajstić information content (AvgIpc) is 2.80. The first-order chi connectivity index (χ1) is 10.0. The van der Waals surface area contributed by atoms with Crippen LogP contribution in [0.1, 0.15) is 11.4 Å². The Morgan fingerprint density at radius 2 is 1.95 bits per heavy atom. The molecular weight excluding hydrogens is 439 g/mol. The SMILES string of the molecule is Cc1cc(Br)c(-n2c(CCl)nc3ccc(Br)cc32)cc1Cl. The molecule has 0 N–H and O–H groups in total. The van der Waals surface area contributed by atoms with Gasteiger partial charge < -0.3 is 0 Å². The van der Waals surface area contributed by atoms with E-state index in [1.165, 1.54) is 0 Å². The van der Waals surface area contributed by atoms with Crippen molar-refractivity contribution in [3.63, 3.8) is 0 Å². The Morgan fingerprint density at radius 1 is 1.19 bits per heavy atom. The van der Waals surface area contributed by atoms with E-state index in [1.807, 2.05) is 41.8 Å².